The smallest absolute Gasteiger partial charge is 0.420 e. The average Bonchev–Trinajstić information content (AvgIpc) is 2.41. The van der Waals surface area contributed by atoms with Gasteiger partial charge in [-0.2, -0.15) is 4.90 Å². The molecule has 0 aliphatic carbocycles. The van der Waals surface area contributed by atoms with E-state index in [2.05, 4.69) is 9.47 Å². The lowest BCUT2D eigenvalue weighted by Gasteiger charge is -2.31. The molecule has 0 saturated heterocycles. The molecule has 0 aliphatic rings. The normalized spacial score (nSPS) is 12.6. The highest BCUT2D eigenvalue weighted by Gasteiger charge is 2.42. The molecule has 0 rings (SSSR count). The van der Waals surface area contributed by atoms with Gasteiger partial charge in [-0.15, -0.1) is 0 Å². The largest absolute Gasteiger partial charge is 0.469 e. The molecule has 0 N–H and O–H groups in total. The lowest BCUT2D eigenvalue weighted by molar-refractivity contribution is -0.152. The maximum absolute atomic E-state index is 12.5. The van der Waals surface area contributed by atoms with Crippen molar-refractivity contribution < 1.29 is 38.1 Å². The molecule has 144 valence electrons. The van der Waals surface area contributed by atoms with Crippen LogP contribution in [0, 0.1) is 0 Å². The van der Waals surface area contributed by atoms with Crippen molar-refractivity contribution in [1.29, 1.82) is 0 Å². The summed E-state index contributed by atoms with van der Waals surface area (Å²) in [5, 5.41) is 0. The Bertz CT molecular complexity index is 487. The Morgan fingerprint density at radius 2 is 1.20 bits per heavy atom. The summed E-state index contributed by atoms with van der Waals surface area (Å²) in [6, 6.07) is -1.58. The third-order valence-electron chi connectivity index (χ3n) is 2.55. The molecule has 0 aromatic heterocycles. The van der Waals surface area contributed by atoms with Crippen LogP contribution in [0.5, 0.6) is 0 Å². The Kier molecular flexibility index (Phi) is 7.88. The number of hydrogen-bond acceptors (Lipinski definition) is 8. The highest BCUT2D eigenvalue weighted by molar-refractivity contribution is 5.95. The molecule has 0 aliphatic heterocycles. The zero-order valence-corrected chi connectivity index (χ0v) is 16.0. The van der Waals surface area contributed by atoms with Crippen LogP contribution < -0.4 is 0 Å². The quantitative estimate of drug-likeness (QED) is 0.554. The molecule has 0 aromatic carbocycles. The van der Waals surface area contributed by atoms with Crippen molar-refractivity contribution in [3.8, 4) is 0 Å². The second kappa shape index (κ2) is 8.68. The number of esters is 2. The lowest BCUT2D eigenvalue weighted by atomic mass is 10.1. The van der Waals surface area contributed by atoms with Crippen LogP contribution in [0.1, 0.15) is 48.0 Å². The second-order valence-corrected chi connectivity index (χ2v) is 7.15. The summed E-state index contributed by atoms with van der Waals surface area (Å²) < 4.78 is 19.4. The van der Waals surface area contributed by atoms with E-state index in [1.54, 1.807) is 41.5 Å². The number of imide groups is 1. The van der Waals surface area contributed by atoms with Crippen LogP contribution in [-0.4, -0.2) is 60.5 Å². The minimum absolute atomic E-state index is 0.430. The molecule has 0 fully saturated rings. The van der Waals surface area contributed by atoms with Crippen molar-refractivity contribution in [2.45, 2.75) is 65.2 Å². The maximum atomic E-state index is 12.5. The molecule has 2 amide bonds. The number of carbonyl (C=O) groups excluding carboxylic acids is 4. The first-order chi connectivity index (χ1) is 11.2. The first-order valence-corrected chi connectivity index (χ1v) is 7.61. The third kappa shape index (κ3) is 8.37. The van der Waals surface area contributed by atoms with E-state index in [1.807, 2.05) is 0 Å². The molecule has 0 bridgehead atoms. The number of amides is 2. The lowest BCUT2D eigenvalue weighted by Crippen LogP contribution is -2.53. The molecule has 0 unspecified atom stereocenters. The van der Waals surface area contributed by atoms with E-state index < -0.39 is 47.8 Å². The van der Waals surface area contributed by atoms with Gasteiger partial charge in [0.1, 0.15) is 11.2 Å². The predicted molar refractivity (Wildman–Crippen MR) is 86.7 cm³/mol. The SMILES string of the molecule is COC(=O)C[C@@H](C(=O)OC)N(C(=O)OC(C)(C)C)C(=O)OC(C)(C)C. The van der Waals surface area contributed by atoms with E-state index in [0.717, 1.165) is 14.2 Å². The van der Waals surface area contributed by atoms with Crippen LogP contribution in [0.4, 0.5) is 9.59 Å². The number of methoxy groups -OCH3 is 2. The van der Waals surface area contributed by atoms with Gasteiger partial charge in [-0.3, -0.25) is 4.79 Å². The van der Waals surface area contributed by atoms with Crippen molar-refractivity contribution >= 4 is 24.1 Å². The zero-order valence-electron chi connectivity index (χ0n) is 16.0. The fourth-order valence-electron chi connectivity index (χ4n) is 1.61. The van der Waals surface area contributed by atoms with Crippen LogP contribution in [0.15, 0.2) is 0 Å². The highest BCUT2D eigenvalue weighted by atomic mass is 16.6. The molecule has 0 heterocycles. The van der Waals surface area contributed by atoms with E-state index in [1.165, 1.54) is 0 Å². The van der Waals surface area contributed by atoms with Crippen LogP contribution in [0.25, 0.3) is 0 Å². The van der Waals surface area contributed by atoms with E-state index >= 15 is 0 Å². The minimum Gasteiger partial charge on any atom is -0.469 e. The number of carbonyl (C=O) groups is 4. The summed E-state index contributed by atoms with van der Waals surface area (Å²) in [6.45, 7) is 9.53. The fraction of sp³-hybridized carbons (Fsp3) is 0.750. The predicted octanol–water partition coefficient (Wildman–Crippen LogP) is 2.26. The van der Waals surface area contributed by atoms with Gasteiger partial charge >= 0.3 is 24.1 Å². The van der Waals surface area contributed by atoms with Gasteiger partial charge in [-0.05, 0) is 41.5 Å². The number of hydrogen-bond donors (Lipinski definition) is 0. The van der Waals surface area contributed by atoms with Crippen molar-refractivity contribution in [2.75, 3.05) is 14.2 Å². The van der Waals surface area contributed by atoms with Gasteiger partial charge < -0.3 is 18.9 Å². The van der Waals surface area contributed by atoms with Crippen LogP contribution in [0.3, 0.4) is 0 Å². The molecule has 0 saturated carbocycles. The maximum Gasteiger partial charge on any atom is 0.420 e. The monoisotopic (exact) mass is 361 g/mol. The molecule has 9 nitrogen and oxygen atoms in total. The molecule has 0 radical (unpaired) electrons. The topological polar surface area (TPSA) is 108 Å². The zero-order chi connectivity index (χ0) is 20.0. The van der Waals surface area contributed by atoms with Gasteiger partial charge in [0.05, 0.1) is 20.6 Å². The number of nitrogens with zero attached hydrogens (tertiary/aromatic N) is 1. The second-order valence-electron chi connectivity index (χ2n) is 7.15. The molecular weight excluding hydrogens is 334 g/mol. The van der Waals surface area contributed by atoms with Gasteiger partial charge in [0.2, 0.25) is 0 Å². The first-order valence-electron chi connectivity index (χ1n) is 7.61. The molecular formula is C16H27NO8. The Hall–Kier alpha value is -2.32. The average molecular weight is 361 g/mol. The van der Waals surface area contributed by atoms with Crippen LogP contribution in [0.2, 0.25) is 0 Å². The first kappa shape index (κ1) is 22.7. The summed E-state index contributed by atoms with van der Waals surface area (Å²) in [7, 11) is 2.18. The van der Waals surface area contributed by atoms with Crippen LogP contribution >= 0.6 is 0 Å². The van der Waals surface area contributed by atoms with E-state index in [9.17, 15) is 19.2 Å². The standard InChI is InChI=1S/C16H27NO8/c1-15(2,3)24-13(20)17(14(21)25-16(4,5)6)10(12(19)23-8)9-11(18)22-7/h10H,9H2,1-8H3/t10-/m0/s1. The van der Waals surface area contributed by atoms with Gasteiger partial charge in [0.15, 0.2) is 6.04 Å². The highest BCUT2D eigenvalue weighted by Crippen LogP contribution is 2.19. The Morgan fingerprint density at radius 1 is 0.800 bits per heavy atom. The van der Waals surface area contributed by atoms with E-state index in [-0.39, 0.29) is 0 Å². The molecule has 9 heteroatoms. The molecule has 0 spiro atoms. The summed E-state index contributed by atoms with van der Waals surface area (Å²) >= 11 is 0. The van der Waals surface area contributed by atoms with Gasteiger partial charge in [0.25, 0.3) is 0 Å². The summed E-state index contributed by atoms with van der Waals surface area (Å²) in [5.74, 6) is -1.80. The molecule has 25 heavy (non-hydrogen) atoms. The minimum atomic E-state index is -1.58. The Balaban J connectivity index is 5.84. The third-order valence-corrected chi connectivity index (χ3v) is 2.55. The Labute approximate surface area is 147 Å². The Morgan fingerprint density at radius 3 is 1.48 bits per heavy atom. The molecule has 1 atom stereocenters. The van der Waals surface area contributed by atoms with Gasteiger partial charge in [-0.25, -0.2) is 14.4 Å². The summed E-state index contributed by atoms with van der Waals surface area (Å²) in [5.41, 5.74) is -1.88. The van der Waals surface area contributed by atoms with Crippen molar-refractivity contribution in [3.05, 3.63) is 0 Å². The van der Waals surface area contributed by atoms with Gasteiger partial charge in [0, 0.05) is 0 Å². The van der Waals surface area contributed by atoms with Gasteiger partial charge in [-0.1, -0.05) is 0 Å². The van der Waals surface area contributed by atoms with Crippen LogP contribution in [-0.2, 0) is 28.5 Å². The number of rotatable bonds is 4. The fourth-order valence-corrected chi connectivity index (χ4v) is 1.61. The van der Waals surface area contributed by atoms with E-state index in [4.69, 9.17) is 9.47 Å². The molecule has 0 aromatic rings. The van der Waals surface area contributed by atoms with Crippen molar-refractivity contribution in [1.82, 2.24) is 4.90 Å². The van der Waals surface area contributed by atoms with Crippen molar-refractivity contribution in [3.63, 3.8) is 0 Å². The summed E-state index contributed by atoms with van der Waals surface area (Å²) in [6.07, 6.45) is -2.87. The van der Waals surface area contributed by atoms with E-state index in [0.29, 0.717) is 4.90 Å². The summed E-state index contributed by atoms with van der Waals surface area (Å²) in [4.78, 5) is 49.0. The number of ether oxygens (including phenoxy) is 4. The van der Waals surface area contributed by atoms with Crippen molar-refractivity contribution in [2.24, 2.45) is 0 Å².